The van der Waals surface area contributed by atoms with Crippen LogP contribution in [-0.4, -0.2) is 32.8 Å². The van der Waals surface area contributed by atoms with Crippen LogP contribution in [0.5, 0.6) is 5.75 Å². The number of amides is 1. The highest BCUT2D eigenvalue weighted by Crippen LogP contribution is 2.39. The van der Waals surface area contributed by atoms with E-state index in [-0.39, 0.29) is 23.1 Å². The van der Waals surface area contributed by atoms with Crippen LogP contribution < -0.4 is 15.6 Å². The first kappa shape index (κ1) is 27.0. The Labute approximate surface area is 227 Å². The summed E-state index contributed by atoms with van der Waals surface area (Å²) in [6.45, 7) is 4.76. The summed E-state index contributed by atoms with van der Waals surface area (Å²) in [5.41, 5.74) is 2.03. The summed E-state index contributed by atoms with van der Waals surface area (Å²) >= 11 is 6.89. The van der Waals surface area contributed by atoms with Gasteiger partial charge in [-0.3, -0.25) is 19.1 Å². The van der Waals surface area contributed by atoms with Crippen molar-refractivity contribution in [2.45, 2.75) is 71.5 Å². The smallest absolute Gasteiger partial charge is 0.270 e. The molecule has 0 spiro atoms. The number of aromatic nitrogens is 1. The molecule has 0 atom stereocenters. The van der Waals surface area contributed by atoms with Crippen molar-refractivity contribution in [3.8, 4) is 11.8 Å². The minimum atomic E-state index is -0.318. The van der Waals surface area contributed by atoms with E-state index in [1.807, 2.05) is 30.3 Å². The van der Waals surface area contributed by atoms with Gasteiger partial charge in [-0.2, -0.15) is 5.26 Å². The number of carbonyl (C=O) groups excluding carboxylic acids is 1. The third-order valence-corrected chi connectivity index (χ3v) is 8.35. The summed E-state index contributed by atoms with van der Waals surface area (Å²) in [6.07, 6.45) is 7.63. The predicted octanol–water partition coefficient (Wildman–Crippen LogP) is 5.59. The maximum absolute atomic E-state index is 13.4. The van der Waals surface area contributed by atoms with Crippen LogP contribution in [-0.2, 0) is 17.9 Å². The molecule has 2 fully saturated rings. The van der Waals surface area contributed by atoms with Gasteiger partial charge in [-0.25, -0.2) is 0 Å². The molecule has 1 amide bonds. The van der Waals surface area contributed by atoms with Crippen LogP contribution in [0.1, 0.15) is 67.7 Å². The van der Waals surface area contributed by atoms with E-state index >= 15 is 0 Å². The number of anilines is 1. The highest BCUT2D eigenvalue weighted by atomic mass is 32.2. The van der Waals surface area contributed by atoms with Crippen molar-refractivity contribution in [1.82, 2.24) is 9.47 Å². The second-order valence-corrected chi connectivity index (χ2v) is 11.1. The largest absolute Gasteiger partial charge is 0.497 e. The zero-order valence-electron chi connectivity index (χ0n) is 21.5. The molecule has 1 saturated heterocycles. The Balaban J connectivity index is 1.78. The Kier molecular flexibility index (Phi) is 8.72. The van der Waals surface area contributed by atoms with Crippen LogP contribution in [0.15, 0.2) is 34.0 Å². The lowest BCUT2D eigenvalue weighted by Crippen LogP contribution is -2.36. The molecule has 1 aliphatic heterocycles. The Morgan fingerprint density at radius 2 is 1.95 bits per heavy atom. The molecular formula is C28H32N4O3S2. The number of carbonyl (C=O) groups is 1. The number of rotatable bonds is 9. The van der Waals surface area contributed by atoms with Gasteiger partial charge in [0.1, 0.15) is 27.5 Å². The molecule has 7 nitrogen and oxygen atoms in total. The van der Waals surface area contributed by atoms with Crippen molar-refractivity contribution >= 4 is 46.1 Å². The minimum absolute atomic E-state index is 0.0905. The van der Waals surface area contributed by atoms with Gasteiger partial charge in [0.15, 0.2) is 0 Å². The molecule has 1 aromatic carbocycles. The first-order valence-electron chi connectivity index (χ1n) is 12.7. The molecule has 0 bridgehead atoms. The number of nitriles is 1. The topological polar surface area (TPSA) is 87.4 Å². The number of hydrogen-bond acceptors (Lipinski definition) is 7. The van der Waals surface area contributed by atoms with E-state index in [0.29, 0.717) is 39.3 Å². The second-order valence-electron chi connectivity index (χ2n) is 9.38. The fourth-order valence-electron chi connectivity index (χ4n) is 4.90. The van der Waals surface area contributed by atoms with E-state index in [1.165, 1.54) is 11.8 Å². The van der Waals surface area contributed by atoms with Gasteiger partial charge in [-0.15, -0.1) is 0 Å². The number of thiocarbonyl (C=S) groups is 1. The molecule has 9 heteroatoms. The summed E-state index contributed by atoms with van der Waals surface area (Å²) in [5.74, 6) is 1.28. The van der Waals surface area contributed by atoms with Crippen LogP contribution >= 0.6 is 24.0 Å². The third-order valence-electron chi connectivity index (χ3n) is 7.02. The standard InChI is InChI=1S/C28H32N4O3S2/c1-4-5-14-31-25(30-17-19-10-12-21(35-3)13-11-19)22(18(2)23(16-29)26(31)33)15-24-27(34)32(28(36)37-24)20-8-6-7-9-20/h10-13,15,20,30H,4-9,14,17H2,1-3H3/b24-15+. The Hall–Kier alpha value is -3.09. The van der Waals surface area contributed by atoms with E-state index in [9.17, 15) is 14.9 Å². The van der Waals surface area contributed by atoms with E-state index in [2.05, 4.69) is 18.3 Å². The highest BCUT2D eigenvalue weighted by molar-refractivity contribution is 8.26. The normalized spacial score (nSPS) is 17.0. The van der Waals surface area contributed by atoms with E-state index in [0.717, 1.165) is 49.8 Å². The lowest BCUT2D eigenvalue weighted by atomic mass is 10.0. The van der Waals surface area contributed by atoms with Crippen LogP contribution in [0, 0.1) is 18.3 Å². The summed E-state index contributed by atoms with van der Waals surface area (Å²) < 4.78 is 7.48. The lowest BCUT2D eigenvalue weighted by molar-refractivity contribution is -0.123. The van der Waals surface area contributed by atoms with Crippen molar-refractivity contribution in [2.75, 3.05) is 12.4 Å². The van der Waals surface area contributed by atoms with Gasteiger partial charge in [-0.1, -0.05) is 62.3 Å². The molecule has 1 aliphatic carbocycles. The molecule has 1 N–H and O–H groups in total. The SMILES string of the molecule is CCCCn1c(NCc2ccc(OC)cc2)c(/C=C2/SC(=S)N(C3CCCC3)C2=O)c(C)c(C#N)c1=O. The maximum atomic E-state index is 13.4. The van der Waals surface area contributed by atoms with Gasteiger partial charge in [0.2, 0.25) is 0 Å². The fraction of sp³-hybridized carbons (Fsp3) is 0.429. The van der Waals surface area contributed by atoms with Crippen molar-refractivity contribution < 1.29 is 9.53 Å². The first-order chi connectivity index (χ1) is 17.9. The summed E-state index contributed by atoms with van der Waals surface area (Å²) in [6, 6.07) is 9.96. The van der Waals surface area contributed by atoms with E-state index in [4.69, 9.17) is 17.0 Å². The number of nitrogens with one attached hydrogen (secondary N) is 1. The van der Waals surface area contributed by atoms with Gasteiger partial charge >= 0.3 is 0 Å². The number of nitrogens with zero attached hydrogens (tertiary/aromatic N) is 3. The second kappa shape index (κ2) is 12.0. The van der Waals surface area contributed by atoms with Gasteiger partial charge in [0.25, 0.3) is 11.5 Å². The molecule has 194 valence electrons. The van der Waals surface area contributed by atoms with Gasteiger partial charge < -0.3 is 10.1 Å². The monoisotopic (exact) mass is 536 g/mol. The number of hydrogen-bond donors (Lipinski definition) is 1. The number of pyridine rings is 1. The average molecular weight is 537 g/mol. The van der Waals surface area contributed by atoms with Crippen molar-refractivity contribution in [1.29, 1.82) is 5.26 Å². The molecule has 37 heavy (non-hydrogen) atoms. The lowest BCUT2D eigenvalue weighted by Gasteiger charge is -2.22. The number of methoxy groups -OCH3 is 1. The number of thioether (sulfide) groups is 1. The quantitative estimate of drug-likeness (QED) is 0.330. The molecule has 1 aromatic heterocycles. The Morgan fingerprint density at radius 1 is 1.24 bits per heavy atom. The zero-order chi connectivity index (χ0) is 26.5. The zero-order valence-corrected chi connectivity index (χ0v) is 23.1. The Morgan fingerprint density at radius 3 is 2.57 bits per heavy atom. The van der Waals surface area contributed by atoms with Crippen LogP contribution in [0.4, 0.5) is 5.82 Å². The third kappa shape index (κ3) is 5.60. The number of benzene rings is 1. The highest BCUT2D eigenvalue weighted by Gasteiger charge is 2.38. The first-order valence-corrected chi connectivity index (χ1v) is 13.9. The van der Waals surface area contributed by atoms with Gasteiger partial charge in [0.05, 0.1) is 12.0 Å². The Bertz CT molecular complexity index is 1320. The molecule has 2 aromatic rings. The van der Waals surface area contributed by atoms with Crippen molar-refractivity contribution in [3.63, 3.8) is 0 Å². The average Bonchev–Trinajstić information content (AvgIpc) is 3.52. The molecule has 1 saturated carbocycles. The van der Waals surface area contributed by atoms with Crippen LogP contribution in [0.3, 0.4) is 0 Å². The van der Waals surface area contributed by atoms with Gasteiger partial charge in [0, 0.05) is 24.7 Å². The molecular weight excluding hydrogens is 504 g/mol. The fourth-order valence-corrected chi connectivity index (χ4v) is 6.28. The number of unbranched alkanes of at least 4 members (excludes halogenated alkanes) is 1. The minimum Gasteiger partial charge on any atom is -0.497 e. The molecule has 0 radical (unpaired) electrons. The summed E-state index contributed by atoms with van der Waals surface area (Å²) in [5, 5.41) is 13.3. The molecule has 4 rings (SSSR count). The summed E-state index contributed by atoms with van der Waals surface area (Å²) in [4.78, 5) is 29.1. The van der Waals surface area contributed by atoms with Crippen LogP contribution in [0.2, 0.25) is 0 Å². The van der Waals surface area contributed by atoms with Crippen LogP contribution in [0.25, 0.3) is 6.08 Å². The van der Waals surface area contributed by atoms with E-state index < -0.39 is 0 Å². The number of ether oxygens (including phenoxy) is 1. The summed E-state index contributed by atoms with van der Waals surface area (Å²) in [7, 11) is 1.63. The molecule has 2 aliphatic rings. The predicted molar refractivity (Wildman–Crippen MR) is 153 cm³/mol. The van der Waals surface area contributed by atoms with Crippen molar-refractivity contribution in [2.24, 2.45) is 0 Å². The van der Waals surface area contributed by atoms with Crippen molar-refractivity contribution in [3.05, 3.63) is 61.8 Å². The maximum Gasteiger partial charge on any atom is 0.270 e. The molecule has 0 unspecified atom stereocenters. The molecule has 2 heterocycles. The van der Waals surface area contributed by atoms with Gasteiger partial charge in [-0.05, 0) is 55.5 Å². The van der Waals surface area contributed by atoms with E-state index in [1.54, 1.807) is 23.5 Å².